The fraction of sp³-hybridized carbons (Fsp3) is 0.462. The van der Waals surface area contributed by atoms with Gasteiger partial charge in [-0.05, 0) is 50.6 Å². The van der Waals surface area contributed by atoms with Gasteiger partial charge in [0.15, 0.2) is 0 Å². The highest BCUT2D eigenvalue weighted by atomic mass is 79.9. The molecule has 1 aromatic rings. The van der Waals surface area contributed by atoms with E-state index in [0.717, 1.165) is 33.7 Å². The van der Waals surface area contributed by atoms with E-state index in [2.05, 4.69) is 22.0 Å². The van der Waals surface area contributed by atoms with Gasteiger partial charge in [0.1, 0.15) is 0 Å². The minimum absolute atomic E-state index is 0.216. The van der Waals surface area contributed by atoms with Crippen molar-refractivity contribution in [2.24, 2.45) is 5.41 Å². The number of halogens is 1. The van der Waals surface area contributed by atoms with Crippen molar-refractivity contribution in [3.63, 3.8) is 0 Å². The van der Waals surface area contributed by atoms with Gasteiger partial charge in [0.05, 0.1) is 11.5 Å². The van der Waals surface area contributed by atoms with E-state index in [1.165, 1.54) is 0 Å². The van der Waals surface area contributed by atoms with Crippen LogP contribution < -0.4 is 5.73 Å². The fourth-order valence-corrected chi connectivity index (χ4v) is 2.68. The maximum absolute atomic E-state index is 8.90. The van der Waals surface area contributed by atoms with Crippen LogP contribution in [-0.4, -0.2) is 5.75 Å². The van der Waals surface area contributed by atoms with Crippen molar-refractivity contribution in [1.82, 2.24) is 0 Å². The SMILES string of the molecule is CC(C)(C#N)CCCSc1ccc(Br)cc1N. The molecule has 0 aliphatic rings. The van der Waals surface area contributed by atoms with Gasteiger partial charge in [0.25, 0.3) is 0 Å². The fourth-order valence-electron chi connectivity index (χ4n) is 1.40. The molecule has 2 nitrogen and oxygen atoms in total. The van der Waals surface area contributed by atoms with E-state index in [1.807, 2.05) is 32.0 Å². The summed E-state index contributed by atoms with van der Waals surface area (Å²) in [6, 6.07) is 8.26. The number of nitrogen functional groups attached to an aromatic ring is 1. The predicted molar refractivity (Wildman–Crippen MR) is 77.9 cm³/mol. The number of hydrogen-bond acceptors (Lipinski definition) is 3. The third-order valence-electron chi connectivity index (χ3n) is 2.48. The highest BCUT2D eigenvalue weighted by Crippen LogP contribution is 2.30. The Morgan fingerprint density at radius 3 is 2.76 bits per heavy atom. The molecule has 92 valence electrons. The Hall–Kier alpha value is -0.660. The van der Waals surface area contributed by atoms with Crippen molar-refractivity contribution in [3.8, 4) is 6.07 Å². The smallest absolute Gasteiger partial charge is 0.0683 e. The third-order valence-corrected chi connectivity index (χ3v) is 4.15. The van der Waals surface area contributed by atoms with Gasteiger partial charge in [-0.1, -0.05) is 15.9 Å². The van der Waals surface area contributed by atoms with Crippen LogP contribution in [0.4, 0.5) is 5.69 Å². The molecule has 17 heavy (non-hydrogen) atoms. The second-order valence-electron chi connectivity index (χ2n) is 4.63. The average molecular weight is 313 g/mol. The van der Waals surface area contributed by atoms with Crippen LogP contribution in [0.1, 0.15) is 26.7 Å². The van der Waals surface area contributed by atoms with Crippen LogP contribution in [0.5, 0.6) is 0 Å². The van der Waals surface area contributed by atoms with Crippen LogP contribution in [-0.2, 0) is 0 Å². The molecule has 0 heterocycles. The summed E-state index contributed by atoms with van der Waals surface area (Å²) in [6.45, 7) is 3.96. The minimum Gasteiger partial charge on any atom is -0.398 e. The van der Waals surface area contributed by atoms with E-state index in [4.69, 9.17) is 11.0 Å². The quantitative estimate of drug-likeness (QED) is 0.496. The number of anilines is 1. The van der Waals surface area contributed by atoms with E-state index >= 15 is 0 Å². The van der Waals surface area contributed by atoms with Gasteiger partial charge >= 0.3 is 0 Å². The van der Waals surface area contributed by atoms with Gasteiger partial charge in [0, 0.05) is 15.1 Å². The molecule has 0 atom stereocenters. The molecule has 4 heteroatoms. The summed E-state index contributed by atoms with van der Waals surface area (Å²) in [5, 5.41) is 8.90. The first-order valence-corrected chi connectivity index (χ1v) is 7.31. The first kappa shape index (κ1) is 14.4. The van der Waals surface area contributed by atoms with Crippen molar-refractivity contribution < 1.29 is 0 Å². The number of nitrogens with two attached hydrogens (primary N) is 1. The van der Waals surface area contributed by atoms with Crippen LogP contribution in [0.2, 0.25) is 0 Å². The molecule has 1 rings (SSSR count). The summed E-state index contributed by atoms with van der Waals surface area (Å²) in [5.41, 5.74) is 6.51. The number of rotatable bonds is 5. The van der Waals surface area contributed by atoms with Crippen LogP contribution in [0.3, 0.4) is 0 Å². The number of nitriles is 1. The average Bonchev–Trinajstić information content (AvgIpc) is 2.27. The maximum Gasteiger partial charge on any atom is 0.0683 e. The van der Waals surface area contributed by atoms with Gasteiger partial charge in [-0.3, -0.25) is 0 Å². The molecule has 0 spiro atoms. The van der Waals surface area contributed by atoms with Gasteiger partial charge in [0.2, 0.25) is 0 Å². The molecule has 0 saturated heterocycles. The molecule has 0 aliphatic heterocycles. The van der Waals surface area contributed by atoms with Crippen LogP contribution in [0.25, 0.3) is 0 Å². The van der Waals surface area contributed by atoms with Crippen LogP contribution >= 0.6 is 27.7 Å². The van der Waals surface area contributed by atoms with Crippen molar-refractivity contribution in [2.45, 2.75) is 31.6 Å². The molecular formula is C13H17BrN2S. The molecule has 0 radical (unpaired) electrons. The Balaban J connectivity index is 2.39. The topological polar surface area (TPSA) is 49.8 Å². The monoisotopic (exact) mass is 312 g/mol. The Morgan fingerprint density at radius 1 is 1.47 bits per heavy atom. The number of thioether (sulfide) groups is 1. The lowest BCUT2D eigenvalue weighted by Gasteiger charge is -2.14. The van der Waals surface area contributed by atoms with Gasteiger partial charge in [-0.15, -0.1) is 11.8 Å². The zero-order valence-electron chi connectivity index (χ0n) is 10.2. The van der Waals surface area contributed by atoms with Crippen molar-refractivity contribution in [1.29, 1.82) is 5.26 Å². The molecule has 1 aromatic carbocycles. The summed E-state index contributed by atoms with van der Waals surface area (Å²) in [4.78, 5) is 1.11. The van der Waals surface area contributed by atoms with Crippen molar-refractivity contribution in [2.75, 3.05) is 11.5 Å². The lowest BCUT2D eigenvalue weighted by Crippen LogP contribution is -2.07. The molecule has 0 aromatic heterocycles. The third kappa shape index (κ3) is 5.01. The standard InChI is InChI=1S/C13H17BrN2S/c1-13(2,9-15)6-3-7-17-12-5-4-10(14)8-11(12)16/h4-5,8H,3,6-7,16H2,1-2H3. The predicted octanol–water partition coefficient (Wildman–Crippen LogP) is 4.45. The largest absolute Gasteiger partial charge is 0.398 e. The summed E-state index contributed by atoms with van der Waals surface area (Å²) in [5.74, 6) is 0.997. The van der Waals surface area contributed by atoms with Gasteiger partial charge in [-0.25, -0.2) is 0 Å². The lowest BCUT2D eigenvalue weighted by atomic mass is 9.90. The van der Waals surface area contributed by atoms with Crippen LogP contribution in [0.15, 0.2) is 27.6 Å². The number of benzene rings is 1. The summed E-state index contributed by atoms with van der Waals surface area (Å²) in [6.07, 6.45) is 1.95. The molecule has 0 saturated carbocycles. The van der Waals surface area contributed by atoms with Gasteiger partial charge < -0.3 is 5.73 Å². The van der Waals surface area contributed by atoms with Crippen molar-refractivity contribution in [3.05, 3.63) is 22.7 Å². The van der Waals surface area contributed by atoms with E-state index in [1.54, 1.807) is 11.8 Å². The summed E-state index contributed by atoms with van der Waals surface area (Å²) < 4.78 is 1.00. The van der Waals surface area contributed by atoms with E-state index in [-0.39, 0.29) is 5.41 Å². The van der Waals surface area contributed by atoms with E-state index < -0.39 is 0 Å². The summed E-state index contributed by atoms with van der Waals surface area (Å²) in [7, 11) is 0. The molecule has 0 fully saturated rings. The number of hydrogen-bond donors (Lipinski definition) is 1. The van der Waals surface area contributed by atoms with E-state index in [9.17, 15) is 0 Å². The molecule has 0 amide bonds. The van der Waals surface area contributed by atoms with Gasteiger partial charge in [-0.2, -0.15) is 5.26 Å². The molecule has 0 aliphatic carbocycles. The second kappa shape index (κ2) is 6.32. The molecule has 2 N–H and O–H groups in total. The zero-order chi connectivity index (χ0) is 12.9. The van der Waals surface area contributed by atoms with E-state index in [0.29, 0.717) is 0 Å². The zero-order valence-corrected chi connectivity index (χ0v) is 12.6. The molecular weight excluding hydrogens is 296 g/mol. The Labute approximate surface area is 116 Å². The molecule has 0 unspecified atom stereocenters. The number of nitrogens with zero attached hydrogens (tertiary/aromatic N) is 1. The van der Waals surface area contributed by atoms with Crippen molar-refractivity contribution >= 4 is 33.4 Å². The first-order chi connectivity index (χ1) is 7.94. The maximum atomic E-state index is 8.90. The second-order valence-corrected chi connectivity index (χ2v) is 6.68. The Morgan fingerprint density at radius 2 is 2.18 bits per heavy atom. The van der Waals surface area contributed by atoms with Crippen LogP contribution in [0, 0.1) is 16.7 Å². The summed E-state index contributed by atoms with van der Waals surface area (Å²) >= 11 is 5.14. The minimum atomic E-state index is -0.216. The molecule has 0 bridgehead atoms. The lowest BCUT2D eigenvalue weighted by molar-refractivity contribution is 0.448. The Bertz CT molecular complexity index is 424. The normalized spacial score (nSPS) is 11.2. The Kier molecular flexibility index (Phi) is 5.35. The highest BCUT2D eigenvalue weighted by Gasteiger charge is 2.15. The highest BCUT2D eigenvalue weighted by molar-refractivity contribution is 9.10. The first-order valence-electron chi connectivity index (χ1n) is 5.54.